The first kappa shape index (κ1) is 15.4. The van der Waals surface area contributed by atoms with E-state index in [2.05, 4.69) is 10.6 Å². The van der Waals surface area contributed by atoms with Gasteiger partial charge in [0.05, 0.1) is 6.04 Å². The number of aromatic hydroxyl groups is 1. The number of amides is 1. The Labute approximate surface area is 113 Å². The fourth-order valence-electron chi connectivity index (χ4n) is 1.58. The van der Waals surface area contributed by atoms with E-state index in [0.717, 1.165) is 6.07 Å². The third-order valence-corrected chi connectivity index (χ3v) is 2.45. The summed E-state index contributed by atoms with van der Waals surface area (Å²) in [7, 11) is 0. The van der Waals surface area contributed by atoms with E-state index in [1.54, 1.807) is 6.92 Å². The van der Waals surface area contributed by atoms with Crippen LogP contribution >= 0.6 is 0 Å². The van der Waals surface area contributed by atoms with Crippen LogP contribution < -0.4 is 10.6 Å². The molecule has 19 heavy (non-hydrogen) atoms. The van der Waals surface area contributed by atoms with Crippen molar-refractivity contribution < 1.29 is 14.3 Å². The molecule has 1 unspecified atom stereocenters. The predicted molar refractivity (Wildman–Crippen MR) is 72.3 cm³/mol. The summed E-state index contributed by atoms with van der Waals surface area (Å²) in [5.41, 5.74) is 0.303. The molecule has 3 N–H and O–H groups in total. The van der Waals surface area contributed by atoms with Gasteiger partial charge in [0.2, 0.25) is 5.91 Å². The molecule has 0 saturated carbocycles. The van der Waals surface area contributed by atoms with Gasteiger partial charge in [-0.2, -0.15) is 0 Å². The average molecular weight is 268 g/mol. The van der Waals surface area contributed by atoms with Gasteiger partial charge in [0, 0.05) is 18.2 Å². The lowest BCUT2D eigenvalue weighted by Crippen LogP contribution is -2.49. The highest BCUT2D eigenvalue weighted by Crippen LogP contribution is 2.14. The van der Waals surface area contributed by atoms with Crippen LogP contribution in [0.4, 0.5) is 4.39 Å². The van der Waals surface area contributed by atoms with Crippen LogP contribution in [0, 0.1) is 5.82 Å². The second kappa shape index (κ2) is 6.02. The maximum absolute atomic E-state index is 13.1. The van der Waals surface area contributed by atoms with E-state index in [0.29, 0.717) is 12.1 Å². The summed E-state index contributed by atoms with van der Waals surface area (Å²) in [5, 5.41) is 15.1. The van der Waals surface area contributed by atoms with Gasteiger partial charge in [-0.1, -0.05) is 0 Å². The third kappa shape index (κ3) is 5.70. The van der Waals surface area contributed by atoms with Crippen LogP contribution in [0.3, 0.4) is 0 Å². The maximum atomic E-state index is 13.1. The van der Waals surface area contributed by atoms with E-state index in [9.17, 15) is 14.3 Å². The number of carbonyl (C=O) groups excluding carboxylic acids is 1. The second-order valence-corrected chi connectivity index (χ2v) is 5.66. The molecule has 1 aromatic carbocycles. The molecule has 0 aromatic heterocycles. The van der Waals surface area contributed by atoms with Crippen molar-refractivity contribution in [2.24, 2.45) is 0 Å². The van der Waals surface area contributed by atoms with Crippen molar-refractivity contribution in [3.05, 3.63) is 29.6 Å². The number of halogens is 1. The zero-order valence-corrected chi connectivity index (χ0v) is 11.7. The van der Waals surface area contributed by atoms with Gasteiger partial charge in [0.15, 0.2) is 0 Å². The van der Waals surface area contributed by atoms with Crippen molar-refractivity contribution in [3.63, 3.8) is 0 Å². The molecule has 1 aromatic rings. The molecule has 1 atom stereocenters. The normalized spacial score (nSPS) is 13.1. The van der Waals surface area contributed by atoms with Crippen molar-refractivity contribution in [3.8, 4) is 5.75 Å². The van der Waals surface area contributed by atoms with Crippen LogP contribution in [0.2, 0.25) is 0 Å². The van der Waals surface area contributed by atoms with E-state index < -0.39 is 11.9 Å². The zero-order chi connectivity index (χ0) is 14.6. The molecule has 0 aliphatic heterocycles. The Morgan fingerprint density at radius 3 is 2.53 bits per heavy atom. The molecule has 0 heterocycles. The Balaban J connectivity index is 2.54. The van der Waals surface area contributed by atoms with Crippen molar-refractivity contribution >= 4 is 5.91 Å². The van der Waals surface area contributed by atoms with Gasteiger partial charge in [-0.15, -0.1) is 0 Å². The van der Waals surface area contributed by atoms with Gasteiger partial charge in [-0.3, -0.25) is 4.79 Å². The number of hydrogen-bond donors (Lipinski definition) is 3. The number of benzene rings is 1. The Bertz CT molecular complexity index is 435. The lowest BCUT2D eigenvalue weighted by Gasteiger charge is -2.23. The van der Waals surface area contributed by atoms with Gasteiger partial charge in [-0.05, 0) is 45.4 Å². The minimum Gasteiger partial charge on any atom is -0.508 e. The first-order chi connectivity index (χ1) is 8.67. The van der Waals surface area contributed by atoms with Crippen molar-refractivity contribution in [2.45, 2.75) is 45.8 Å². The van der Waals surface area contributed by atoms with Crippen molar-refractivity contribution in [1.29, 1.82) is 0 Å². The van der Waals surface area contributed by atoms with Crippen LogP contribution in [-0.4, -0.2) is 22.6 Å². The Morgan fingerprint density at radius 2 is 2.00 bits per heavy atom. The molecule has 0 spiro atoms. The molecule has 0 bridgehead atoms. The van der Waals surface area contributed by atoms with E-state index in [1.165, 1.54) is 12.1 Å². The maximum Gasteiger partial charge on any atom is 0.237 e. The summed E-state index contributed by atoms with van der Waals surface area (Å²) in [4.78, 5) is 11.8. The fraction of sp³-hybridized carbons (Fsp3) is 0.500. The number of carbonyl (C=O) groups is 1. The Morgan fingerprint density at radius 1 is 1.37 bits per heavy atom. The Hall–Kier alpha value is -1.62. The highest BCUT2D eigenvalue weighted by Gasteiger charge is 2.18. The SMILES string of the molecule is CC(NCc1cc(O)cc(F)c1)C(=O)NC(C)(C)C. The highest BCUT2D eigenvalue weighted by molar-refractivity contribution is 5.81. The van der Waals surface area contributed by atoms with Crippen LogP contribution in [0.5, 0.6) is 5.75 Å². The standard InChI is InChI=1S/C14H21FN2O2/c1-9(13(19)17-14(2,3)4)16-8-10-5-11(15)7-12(18)6-10/h5-7,9,16,18H,8H2,1-4H3,(H,17,19). The first-order valence-electron chi connectivity index (χ1n) is 6.21. The van der Waals surface area contributed by atoms with E-state index in [-0.39, 0.29) is 17.2 Å². The number of phenolic OH excluding ortho intramolecular Hbond substituents is 1. The van der Waals surface area contributed by atoms with Crippen LogP contribution in [-0.2, 0) is 11.3 Å². The van der Waals surface area contributed by atoms with Crippen LogP contribution in [0.25, 0.3) is 0 Å². The van der Waals surface area contributed by atoms with Crippen molar-refractivity contribution in [1.82, 2.24) is 10.6 Å². The van der Waals surface area contributed by atoms with Gasteiger partial charge in [-0.25, -0.2) is 4.39 Å². The number of rotatable bonds is 4. The van der Waals surface area contributed by atoms with Gasteiger partial charge in [0.25, 0.3) is 0 Å². The molecule has 4 nitrogen and oxygen atoms in total. The van der Waals surface area contributed by atoms with Gasteiger partial charge >= 0.3 is 0 Å². The average Bonchev–Trinajstić information content (AvgIpc) is 2.22. The molecule has 1 rings (SSSR count). The predicted octanol–water partition coefficient (Wildman–Crippen LogP) is 1.92. The summed E-state index contributed by atoms with van der Waals surface area (Å²) in [6.07, 6.45) is 0. The molecule has 5 heteroatoms. The molecule has 0 fully saturated rings. The number of nitrogens with one attached hydrogen (secondary N) is 2. The lowest BCUT2D eigenvalue weighted by atomic mass is 10.1. The molecule has 0 aliphatic carbocycles. The van der Waals surface area contributed by atoms with Crippen LogP contribution in [0.1, 0.15) is 33.3 Å². The summed E-state index contributed by atoms with van der Waals surface area (Å²) in [6.45, 7) is 7.76. The number of phenols is 1. The molecular formula is C14H21FN2O2. The summed E-state index contributed by atoms with van der Waals surface area (Å²) in [6, 6.07) is 3.43. The minimum absolute atomic E-state index is 0.117. The molecular weight excluding hydrogens is 247 g/mol. The Kier molecular flexibility index (Phi) is 4.89. The first-order valence-corrected chi connectivity index (χ1v) is 6.21. The minimum atomic E-state index is -0.497. The largest absolute Gasteiger partial charge is 0.508 e. The smallest absolute Gasteiger partial charge is 0.237 e. The van der Waals surface area contributed by atoms with Crippen LogP contribution in [0.15, 0.2) is 18.2 Å². The van der Waals surface area contributed by atoms with Crippen molar-refractivity contribution in [2.75, 3.05) is 0 Å². The highest BCUT2D eigenvalue weighted by atomic mass is 19.1. The molecule has 1 amide bonds. The van der Waals surface area contributed by atoms with E-state index in [1.807, 2.05) is 20.8 Å². The fourth-order valence-corrected chi connectivity index (χ4v) is 1.58. The topological polar surface area (TPSA) is 61.4 Å². The second-order valence-electron chi connectivity index (χ2n) is 5.66. The van der Waals surface area contributed by atoms with E-state index >= 15 is 0 Å². The lowest BCUT2D eigenvalue weighted by molar-refractivity contribution is -0.124. The summed E-state index contributed by atoms with van der Waals surface area (Å²) < 4.78 is 13.1. The molecule has 0 saturated heterocycles. The molecule has 0 aliphatic rings. The van der Waals surface area contributed by atoms with Gasteiger partial charge in [0.1, 0.15) is 11.6 Å². The van der Waals surface area contributed by atoms with E-state index in [4.69, 9.17) is 0 Å². The number of hydrogen-bond acceptors (Lipinski definition) is 3. The zero-order valence-electron chi connectivity index (χ0n) is 11.7. The summed E-state index contributed by atoms with van der Waals surface area (Å²) >= 11 is 0. The quantitative estimate of drug-likeness (QED) is 0.782. The monoisotopic (exact) mass is 268 g/mol. The van der Waals surface area contributed by atoms with Gasteiger partial charge < -0.3 is 15.7 Å². The molecule has 0 radical (unpaired) electrons. The summed E-state index contributed by atoms with van der Waals surface area (Å²) in [5.74, 6) is -0.736. The third-order valence-electron chi connectivity index (χ3n) is 2.45. The molecule has 106 valence electrons.